The number of halogens is 1. The maximum absolute atomic E-state index is 12.5. The van der Waals surface area contributed by atoms with E-state index in [0.29, 0.717) is 18.2 Å². The Balaban J connectivity index is 2.35. The SMILES string of the molecule is C#CCN(CC1CC1)S(=O)(=O)c1ccc(N)cc1Cl. The lowest BCUT2D eigenvalue weighted by atomic mass is 10.3. The minimum atomic E-state index is -3.66. The first kappa shape index (κ1) is 14.2. The van der Waals surface area contributed by atoms with Crippen LogP contribution in [0.5, 0.6) is 0 Å². The number of benzene rings is 1. The maximum atomic E-state index is 12.5. The molecule has 1 aromatic carbocycles. The Morgan fingerprint density at radius 3 is 2.68 bits per heavy atom. The van der Waals surface area contributed by atoms with Crippen LogP contribution in [-0.4, -0.2) is 25.8 Å². The third kappa shape index (κ3) is 3.21. The number of nitrogen functional groups attached to an aromatic ring is 1. The van der Waals surface area contributed by atoms with Crippen molar-refractivity contribution in [3.63, 3.8) is 0 Å². The van der Waals surface area contributed by atoms with Crippen LogP contribution in [0.15, 0.2) is 23.1 Å². The number of hydrogen-bond donors (Lipinski definition) is 1. The molecule has 1 aromatic rings. The Kier molecular flexibility index (Phi) is 4.04. The lowest BCUT2D eigenvalue weighted by Crippen LogP contribution is -2.33. The molecule has 19 heavy (non-hydrogen) atoms. The molecule has 0 heterocycles. The first-order valence-electron chi connectivity index (χ1n) is 5.94. The molecule has 4 nitrogen and oxygen atoms in total. The van der Waals surface area contributed by atoms with Crippen molar-refractivity contribution in [1.82, 2.24) is 4.31 Å². The smallest absolute Gasteiger partial charge is 0.245 e. The molecule has 102 valence electrons. The van der Waals surface area contributed by atoms with E-state index in [1.807, 2.05) is 0 Å². The Labute approximate surface area is 118 Å². The standard InChI is InChI=1S/C13H15ClN2O2S/c1-2-7-16(9-10-3-4-10)19(17,18)13-6-5-11(15)8-12(13)14/h1,5-6,8,10H,3-4,7,9,15H2. The monoisotopic (exact) mass is 298 g/mol. The van der Waals surface area contributed by atoms with Crippen LogP contribution in [0.4, 0.5) is 5.69 Å². The molecule has 1 aliphatic rings. The van der Waals surface area contributed by atoms with Crippen molar-refractivity contribution >= 4 is 27.3 Å². The van der Waals surface area contributed by atoms with Crippen LogP contribution < -0.4 is 5.73 Å². The predicted octanol–water partition coefficient (Wildman–Crippen LogP) is 1.96. The summed E-state index contributed by atoms with van der Waals surface area (Å²) in [7, 11) is -3.66. The van der Waals surface area contributed by atoms with Gasteiger partial charge in [0.05, 0.1) is 11.6 Å². The van der Waals surface area contributed by atoms with E-state index in [0.717, 1.165) is 12.8 Å². The average molecular weight is 299 g/mol. The lowest BCUT2D eigenvalue weighted by Gasteiger charge is -2.20. The van der Waals surface area contributed by atoms with Crippen LogP contribution in [0.25, 0.3) is 0 Å². The van der Waals surface area contributed by atoms with Gasteiger partial charge < -0.3 is 5.73 Å². The van der Waals surface area contributed by atoms with E-state index in [-0.39, 0.29) is 16.5 Å². The summed E-state index contributed by atoms with van der Waals surface area (Å²) in [6.45, 7) is 0.507. The molecule has 0 atom stereocenters. The Morgan fingerprint density at radius 2 is 2.16 bits per heavy atom. The van der Waals surface area contributed by atoms with Gasteiger partial charge in [-0.3, -0.25) is 0 Å². The Hall–Kier alpha value is -1.22. The summed E-state index contributed by atoms with van der Waals surface area (Å²) in [5.41, 5.74) is 6.00. The minimum Gasteiger partial charge on any atom is -0.399 e. The topological polar surface area (TPSA) is 63.4 Å². The molecule has 0 amide bonds. The molecule has 0 unspecified atom stereocenters. The molecule has 2 N–H and O–H groups in total. The van der Waals surface area contributed by atoms with Gasteiger partial charge in [0.25, 0.3) is 0 Å². The molecule has 0 radical (unpaired) electrons. The summed E-state index contributed by atoms with van der Waals surface area (Å²) in [6.07, 6.45) is 7.35. The van der Waals surface area contributed by atoms with Crippen LogP contribution in [0.1, 0.15) is 12.8 Å². The van der Waals surface area contributed by atoms with Gasteiger partial charge in [0.1, 0.15) is 4.90 Å². The van der Waals surface area contributed by atoms with E-state index in [1.165, 1.54) is 22.5 Å². The molecule has 1 fully saturated rings. The van der Waals surface area contributed by atoms with Crippen molar-refractivity contribution in [3.05, 3.63) is 23.2 Å². The lowest BCUT2D eigenvalue weighted by molar-refractivity contribution is 0.430. The molecule has 1 saturated carbocycles. The maximum Gasteiger partial charge on any atom is 0.245 e. The summed E-state index contributed by atoms with van der Waals surface area (Å²) in [5.74, 6) is 2.80. The molecule has 1 aliphatic carbocycles. The highest BCUT2D eigenvalue weighted by Gasteiger charge is 2.32. The molecule has 0 saturated heterocycles. The fourth-order valence-corrected chi connectivity index (χ4v) is 3.76. The summed E-state index contributed by atoms with van der Waals surface area (Å²) >= 11 is 5.97. The molecule has 0 aromatic heterocycles. The van der Waals surface area contributed by atoms with E-state index in [2.05, 4.69) is 5.92 Å². The van der Waals surface area contributed by atoms with Gasteiger partial charge in [-0.15, -0.1) is 6.42 Å². The molecular formula is C13H15ClN2O2S. The quantitative estimate of drug-likeness (QED) is 0.667. The zero-order valence-electron chi connectivity index (χ0n) is 10.3. The van der Waals surface area contributed by atoms with Crippen molar-refractivity contribution in [2.75, 3.05) is 18.8 Å². The van der Waals surface area contributed by atoms with Gasteiger partial charge in [-0.2, -0.15) is 4.31 Å². The number of anilines is 1. The summed E-state index contributed by atoms with van der Waals surface area (Å²) in [6, 6.07) is 4.37. The van der Waals surface area contributed by atoms with Gasteiger partial charge in [0, 0.05) is 12.2 Å². The first-order valence-corrected chi connectivity index (χ1v) is 7.75. The van der Waals surface area contributed by atoms with E-state index in [1.54, 1.807) is 0 Å². The highest BCUT2D eigenvalue weighted by Crippen LogP contribution is 2.33. The molecular weight excluding hydrogens is 284 g/mol. The second kappa shape index (κ2) is 5.41. The van der Waals surface area contributed by atoms with Crippen molar-refractivity contribution < 1.29 is 8.42 Å². The highest BCUT2D eigenvalue weighted by atomic mass is 35.5. The molecule has 0 spiro atoms. The van der Waals surface area contributed by atoms with Crippen molar-refractivity contribution in [2.45, 2.75) is 17.7 Å². The summed E-state index contributed by atoms with van der Waals surface area (Å²) in [4.78, 5) is 0.0549. The van der Waals surface area contributed by atoms with Crippen LogP contribution in [-0.2, 0) is 10.0 Å². The largest absolute Gasteiger partial charge is 0.399 e. The number of nitrogens with two attached hydrogens (primary N) is 1. The average Bonchev–Trinajstić information content (AvgIpc) is 3.11. The van der Waals surface area contributed by atoms with E-state index >= 15 is 0 Å². The van der Waals surface area contributed by atoms with E-state index in [9.17, 15) is 8.42 Å². The predicted molar refractivity (Wildman–Crippen MR) is 76.2 cm³/mol. The molecule has 0 bridgehead atoms. The number of rotatable bonds is 5. The third-order valence-corrected chi connectivity index (χ3v) is 5.29. The third-order valence-electron chi connectivity index (χ3n) is 3.00. The Morgan fingerprint density at radius 1 is 1.47 bits per heavy atom. The number of nitrogens with zero attached hydrogens (tertiary/aromatic N) is 1. The highest BCUT2D eigenvalue weighted by molar-refractivity contribution is 7.89. The fourth-order valence-electron chi connectivity index (χ4n) is 1.80. The van der Waals surface area contributed by atoms with Gasteiger partial charge >= 0.3 is 0 Å². The zero-order chi connectivity index (χ0) is 14.0. The van der Waals surface area contributed by atoms with Crippen molar-refractivity contribution in [1.29, 1.82) is 0 Å². The van der Waals surface area contributed by atoms with Gasteiger partial charge in [-0.05, 0) is 37.0 Å². The number of sulfonamides is 1. The summed E-state index contributed by atoms with van der Waals surface area (Å²) in [5, 5.41) is 0.123. The van der Waals surface area contributed by atoms with E-state index in [4.69, 9.17) is 23.8 Å². The van der Waals surface area contributed by atoms with E-state index < -0.39 is 10.0 Å². The molecule has 2 rings (SSSR count). The zero-order valence-corrected chi connectivity index (χ0v) is 11.9. The van der Waals surface area contributed by atoms with Crippen LogP contribution in [0.2, 0.25) is 5.02 Å². The molecule has 6 heteroatoms. The van der Waals surface area contributed by atoms with Crippen molar-refractivity contribution in [3.8, 4) is 12.3 Å². The number of hydrogen-bond acceptors (Lipinski definition) is 3. The molecule has 0 aliphatic heterocycles. The van der Waals surface area contributed by atoms with Crippen LogP contribution in [0, 0.1) is 18.3 Å². The second-order valence-corrected chi connectivity index (χ2v) is 6.95. The fraction of sp³-hybridized carbons (Fsp3) is 0.385. The van der Waals surface area contributed by atoms with Gasteiger partial charge in [-0.1, -0.05) is 17.5 Å². The van der Waals surface area contributed by atoms with Gasteiger partial charge in [0.2, 0.25) is 10.0 Å². The minimum absolute atomic E-state index is 0.0549. The van der Waals surface area contributed by atoms with Crippen LogP contribution in [0.3, 0.4) is 0 Å². The van der Waals surface area contributed by atoms with Gasteiger partial charge in [0.15, 0.2) is 0 Å². The summed E-state index contributed by atoms with van der Waals surface area (Å²) < 4.78 is 26.4. The van der Waals surface area contributed by atoms with Crippen LogP contribution >= 0.6 is 11.6 Å². The first-order chi connectivity index (χ1) is 8.95. The van der Waals surface area contributed by atoms with Gasteiger partial charge in [-0.25, -0.2) is 8.42 Å². The number of terminal acetylenes is 1. The second-order valence-electron chi connectivity index (χ2n) is 4.63. The Bertz CT molecular complexity index is 618. The normalized spacial score (nSPS) is 15.4. The van der Waals surface area contributed by atoms with Crippen molar-refractivity contribution in [2.24, 2.45) is 5.92 Å².